The first-order valence-electron chi connectivity index (χ1n) is 9.99. The zero-order chi connectivity index (χ0) is 19.5. The van der Waals surface area contributed by atoms with E-state index in [0.717, 1.165) is 50.3 Å². The first-order valence-corrected chi connectivity index (χ1v) is 9.99. The highest BCUT2D eigenvalue weighted by atomic mass is 19.1. The summed E-state index contributed by atoms with van der Waals surface area (Å²) in [5.41, 5.74) is 2.44. The van der Waals surface area contributed by atoms with Crippen molar-refractivity contribution in [2.75, 3.05) is 44.3 Å². The zero-order valence-corrected chi connectivity index (χ0v) is 16.3. The van der Waals surface area contributed by atoms with Gasteiger partial charge in [0.2, 0.25) is 0 Å². The van der Waals surface area contributed by atoms with E-state index >= 15 is 0 Å². The van der Waals surface area contributed by atoms with Crippen LogP contribution in [0, 0.1) is 12.7 Å². The van der Waals surface area contributed by atoms with Crippen LogP contribution in [-0.2, 0) is 11.3 Å². The van der Waals surface area contributed by atoms with Gasteiger partial charge >= 0.3 is 0 Å². The van der Waals surface area contributed by atoms with Gasteiger partial charge in [-0.15, -0.1) is 0 Å². The Morgan fingerprint density at radius 1 is 1.21 bits per heavy atom. The maximum atomic E-state index is 13.8. The highest BCUT2D eigenvalue weighted by Crippen LogP contribution is 2.22. The highest BCUT2D eigenvalue weighted by molar-refractivity contribution is 5.43. The molecule has 1 aromatic heterocycles. The Bertz CT molecular complexity index is 879. The summed E-state index contributed by atoms with van der Waals surface area (Å²) in [6.07, 6.45) is 3.72. The molecule has 2 aliphatic heterocycles. The van der Waals surface area contributed by atoms with Gasteiger partial charge < -0.3 is 9.64 Å². The molecule has 0 radical (unpaired) electrons. The second-order valence-electron chi connectivity index (χ2n) is 7.71. The van der Waals surface area contributed by atoms with Crippen LogP contribution in [0.15, 0.2) is 35.3 Å². The van der Waals surface area contributed by atoms with Gasteiger partial charge in [-0.1, -0.05) is 12.1 Å². The number of anilines is 1. The van der Waals surface area contributed by atoms with Crippen molar-refractivity contribution in [3.8, 4) is 0 Å². The van der Waals surface area contributed by atoms with Crippen molar-refractivity contribution in [1.82, 2.24) is 14.7 Å². The van der Waals surface area contributed by atoms with Crippen LogP contribution in [0.25, 0.3) is 0 Å². The minimum atomic E-state index is -0.164. The molecule has 4 rings (SSSR count). The second kappa shape index (κ2) is 8.41. The van der Waals surface area contributed by atoms with Gasteiger partial charge in [0.15, 0.2) is 0 Å². The maximum Gasteiger partial charge on any atom is 0.269 e. The number of ether oxygens (including phenoxy) is 1. The van der Waals surface area contributed by atoms with E-state index in [1.165, 1.54) is 0 Å². The smallest absolute Gasteiger partial charge is 0.269 e. The van der Waals surface area contributed by atoms with Gasteiger partial charge in [-0.25, -0.2) is 9.07 Å². The van der Waals surface area contributed by atoms with Crippen molar-refractivity contribution >= 4 is 5.69 Å². The SMILES string of the molecule is Cc1ccc(CN2CCC[C@@H](n3ncc(N4CCOCC4)cc3=O)C2)cc1F. The Labute approximate surface area is 164 Å². The lowest BCUT2D eigenvalue weighted by Gasteiger charge is -2.33. The van der Waals surface area contributed by atoms with Crippen LogP contribution in [0.2, 0.25) is 0 Å². The molecule has 3 heterocycles. The molecule has 2 saturated heterocycles. The number of hydrogen-bond donors (Lipinski definition) is 0. The van der Waals surface area contributed by atoms with Crippen molar-refractivity contribution in [2.24, 2.45) is 0 Å². The predicted molar refractivity (Wildman–Crippen MR) is 106 cm³/mol. The molecule has 7 heteroatoms. The number of benzene rings is 1. The van der Waals surface area contributed by atoms with Gasteiger partial charge in [-0.3, -0.25) is 9.69 Å². The molecule has 2 aliphatic rings. The van der Waals surface area contributed by atoms with Crippen molar-refractivity contribution in [1.29, 1.82) is 0 Å². The molecule has 6 nitrogen and oxygen atoms in total. The molecule has 0 bridgehead atoms. The Kier molecular flexibility index (Phi) is 5.73. The fraction of sp³-hybridized carbons (Fsp3) is 0.524. The highest BCUT2D eigenvalue weighted by Gasteiger charge is 2.24. The van der Waals surface area contributed by atoms with Gasteiger partial charge in [0.25, 0.3) is 5.56 Å². The molecular weight excluding hydrogens is 359 g/mol. The second-order valence-corrected chi connectivity index (χ2v) is 7.71. The molecule has 0 N–H and O–H groups in total. The number of likely N-dealkylation sites (tertiary alicyclic amines) is 1. The van der Waals surface area contributed by atoms with Crippen LogP contribution < -0.4 is 10.5 Å². The molecule has 1 atom stereocenters. The van der Waals surface area contributed by atoms with Crippen LogP contribution in [0.3, 0.4) is 0 Å². The third kappa shape index (κ3) is 4.25. The molecular formula is C21H27FN4O2. The molecule has 0 amide bonds. The van der Waals surface area contributed by atoms with Crippen molar-refractivity contribution < 1.29 is 9.13 Å². The summed E-state index contributed by atoms with van der Waals surface area (Å²) in [5.74, 6) is -0.164. The van der Waals surface area contributed by atoms with Gasteiger partial charge in [0.1, 0.15) is 5.82 Å². The topological polar surface area (TPSA) is 50.6 Å². The summed E-state index contributed by atoms with van der Waals surface area (Å²) >= 11 is 0. The third-order valence-electron chi connectivity index (χ3n) is 5.66. The van der Waals surface area contributed by atoms with E-state index in [-0.39, 0.29) is 17.4 Å². The van der Waals surface area contributed by atoms with E-state index < -0.39 is 0 Å². The van der Waals surface area contributed by atoms with E-state index in [9.17, 15) is 9.18 Å². The van der Waals surface area contributed by atoms with Crippen LogP contribution in [0.5, 0.6) is 0 Å². The Balaban J connectivity index is 1.45. The van der Waals surface area contributed by atoms with E-state index in [1.54, 1.807) is 29.9 Å². The Morgan fingerprint density at radius 3 is 2.79 bits per heavy atom. The van der Waals surface area contributed by atoms with Crippen molar-refractivity contribution in [3.05, 3.63) is 57.8 Å². The largest absolute Gasteiger partial charge is 0.378 e. The molecule has 0 unspecified atom stereocenters. The summed E-state index contributed by atoms with van der Waals surface area (Å²) < 4.78 is 20.8. The van der Waals surface area contributed by atoms with Crippen molar-refractivity contribution in [3.63, 3.8) is 0 Å². The normalized spacial score (nSPS) is 21.1. The average molecular weight is 386 g/mol. The third-order valence-corrected chi connectivity index (χ3v) is 5.66. The number of aryl methyl sites for hydroxylation is 1. The molecule has 28 heavy (non-hydrogen) atoms. The summed E-state index contributed by atoms with van der Waals surface area (Å²) in [5, 5.41) is 4.48. The fourth-order valence-electron chi connectivity index (χ4n) is 4.04. The number of halogens is 1. The number of aromatic nitrogens is 2. The number of morpholine rings is 1. The van der Waals surface area contributed by atoms with E-state index in [1.807, 2.05) is 12.1 Å². The zero-order valence-electron chi connectivity index (χ0n) is 16.3. The van der Waals surface area contributed by atoms with Crippen molar-refractivity contribution in [2.45, 2.75) is 32.4 Å². The predicted octanol–water partition coefficient (Wildman–Crippen LogP) is 2.36. The fourth-order valence-corrected chi connectivity index (χ4v) is 4.04. The molecule has 0 aliphatic carbocycles. The lowest BCUT2D eigenvalue weighted by atomic mass is 10.0. The standard InChI is InChI=1S/C21H27FN4O2/c1-16-4-5-17(11-20(16)22)14-24-6-2-3-18(15-24)26-21(27)12-19(13-23-26)25-7-9-28-10-8-25/h4-5,11-13,18H,2-3,6-10,14-15H2,1H3/t18-/m1/s1. The molecule has 1 aromatic carbocycles. The molecule has 0 saturated carbocycles. The lowest BCUT2D eigenvalue weighted by Crippen LogP contribution is -2.41. The molecule has 2 aromatic rings. The quantitative estimate of drug-likeness (QED) is 0.808. The Hall–Kier alpha value is -2.25. The number of rotatable bonds is 4. The molecule has 0 spiro atoms. The van der Waals surface area contributed by atoms with Crippen LogP contribution in [0.4, 0.5) is 10.1 Å². The number of piperidine rings is 1. The minimum Gasteiger partial charge on any atom is -0.378 e. The maximum absolute atomic E-state index is 13.8. The van der Waals surface area contributed by atoms with E-state index in [4.69, 9.17) is 4.74 Å². The van der Waals surface area contributed by atoms with E-state index in [2.05, 4.69) is 14.9 Å². The van der Waals surface area contributed by atoms with Crippen LogP contribution in [0.1, 0.15) is 30.0 Å². The van der Waals surface area contributed by atoms with Gasteiger partial charge in [0, 0.05) is 32.2 Å². The van der Waals surface area contributed by atoms with Gasteiger partial charge in [-0.05, 0) is 43.5 Å². The minimum absolute atomic E-state index is 0.0512. The summed E-state index contributed by atoms with van der Waals surface area (Å²) in [6.45, 7) is 7.10. The number of nitrogens with zero attached hydrogens (tertiary/aromatic N) is 4. The van der Waals surface area contributed by atoms with Crippen LogP contribution in [-0.4, -0.2) is 54.1 Å². The van der Waals surface area contributed by atoms with Crippen LogP contribution >= 0.6 is 0 Å². The van der Waals surface area contributed by atoms with Gasteiger partial charge in [-0.2, -0.15) is 5.10 Å². The van der Waals surface area contributed by atoms with Gasteiger partial charge in [0.05, 0.1) is 31.1 Å². The average Bonchev–Trinajstić information content (AvgIpc) is 2.71. The monoisotopic (exact) mass is 386 g/mol. The summed E-state index contributed by atoms with van der Waals surface area (Å²) in [7, 11) is 0. The lowest BCUT2D eigenvalue weighted by molar-refractivity contribution is 0.122. The summed E-state index contributed by atoms with van der Waals surface area (Å²) in [6, 6.07) is 7.15. The molecule has 150 valence electrons. The first kappa shape index (κ1) is 19.1. The number of hydrogen-bond acceptors (Lipinski definition) is 5. The summed E-state index contributed by atoms with van der Waals surface area (Å²) in [4.78, 5) is 17.1. The first-order chi connectivity index (χ1) is 13.6. The Morgan fingerprint density at radius 2 is 2.04 bits per heavy atom. The van der Waals surface area contributed by atoms with E-state index in [0.29, 0.717) is 25.3 Å². The molecule has 2 fully saturated rings.